The van der Waals surface area contributed by atoms with E-state index in [1.165, 1.54) is 11.2 Å². The molecule has 0 aliphatic carbocycles. The molecule has 0 radical (unpaired) electrons. The van der Waals surface area contributed by atoms with Crippen LogP contribution in [0.5, 0.6) is 0 Å². The van der Waals surface area contributed by atoms with E-state index in [1.54, 1.807) is 20.8 Å². The van der Waals surface area contributed by atoms with E-state index in [4.69, 9.17) is 0 Å². The third-order valence-electron chi connectivity index (χ3n) is 2.65. The highest BCUT2D eigenvalue weighted by Crippen LogP contribution is 2.27. The molecule has 1 aromatic rings. The van der Waals surface area contributed by atoms with Gasteiger partial charge in [-0.15, -0.1) is 0 Å². The lowest BCUT2D eigenvalue weighted by atomic mass is 10.2. The second-order valence-electron chi connectivity index (χ2n) is 4.54. The lowest BCUT2D eigenvalue weighted by molar-refractivity contribution is -0.120. The Labute approximate surface area is 111 Å². The first-order valence-electron chi connectivity index (χ1n) is 6.15. The molecule has 108 valence electrons. The van der Waals surface area contributed by atoms with Crippen molar-refractivity contribution in [2.24, 2.45) is 0 Å². The van der Waals surface area contributed by atoms with Gasteiger partial charge in [0.25, 0.3) is 0 Å². The van der Waals surface area contributed by atoms with Crippen LogP contribution >= 0.6 is 0 Å². The predicted molar refractivity (Wildman–Crippen MR) is 69.5 cm³/mol. The van der Waals surface area contributed by atoms with Crippen molar-refractivity contribution in [1.82, 2.24) is 9.97 Å². The maximum absolute atomic E-state index is 12.6. The van der Waals surface area contributed by atoms with E-state index in [0.717, 1.165) is 0 Å². The Hall–Kier alpha value is -1.53. The molecule has 1 aromatic heterocycles. The second-order valence-corrected chi connectivity index (χ2v) is 4.54. The van der Waals surface area contributed by atoms with Crippen molar-refractivity contribution >= 4 is 11.6 Å². The molecule has 19 heavy (non-hydrogen) atoms. The molecule has 0 saturated carbocycles. The van der Waals surface area contributed by atoms with Gasteiger partial charge in [0, 0.05) is 18.2 Å². The average molecular weight is 276 g/mol. The third-order valence-corrected chi connectivity index (χ3v) is 2.65. The van der Waals surface area contributed by atoms with E-state index in [0.29, 0.717) is 23.7 Å². The van der Waals surface area contributed by atoms with Crippen molar-refractivity contribution in [1.29, 1.82) is 0 Å². The molecule has 0 saturated heterocycles. The van der Waals surface area contributed by atoms with Crippen LogP contribution in [0.3, 0.4) is 0 Å². The van der Waals surface area contributed by atoms with Crippen molar-refractivity contribution in [2.45, 2.75) is 39.9 Å². The van der Waals surface area contributed by atoms with Crippen LogP contribution in [0.25, 0.3) is 0 Å². The molecule has 1 rings (SSSR count). The molecule has 0 amide bonds. The molecular formula is C12H19F3N4. The Bertz CT molecular complexity index is 418. The highest BCUT2D eigenvalue weighted by Gasteiger charge is 2.33. The summed E-state index contributed by atoms with van der Waals surface area (Å²) in [6.07, 6.45) is -2.98. The molecule has 4 nitrogen and oxygen atoms in total. The van der Waals surface area contributed by atoms with Crippen LogP contribution in [-0.4, -0.2) is 35.3 Å². The number of hydrogen-bond acceptors (Lipinski definition) is 4. The van der Waals surface area contributed by atoms with Crippen LogP contribution in [0.4, 0.5) is 24.8 Å². The van der Waals surface area contributed by atoms with E-state index in [2.05, 4.69) is 15.3 Å². The summed E-state index contributed by atoms with van der Waals surface area (Å²) in [5.74, 6) is 0.888. The van der Waals surface area contributed by atoms with Crippen LogP contribution in [0.1, 0.15) is 26.3 Å². The highest BCUT2D eigenvalue weighted by atomic mass is 19.4. The van der Waals surface area contributed by atoms with Gasteiger partial charge >= 0.3 is 6.18 Å². The molecule has 0 aliphatic heterocycles. The van der Waals surface area contributed by atoms with E-state index in [9.17, 15) is 13.2 Å². The zero-order valence-corrected chi connectivity index (χ0v) is 11.5. The summed E-state index contributed by atoms with van der Waals surface area (Å²) in [6.45, 7) is 6.67. The monoisotopic (exact) mass is 276 g/mol. The molecule has 0 aromatic carbocycles. The Morgan fingerprint density at radius 1 is 1.32 bits per heavy atom. The lowest BCUT2D eigenvalue weighted by Gasteiger charge is -2.30. The summed E-state index contributed by atoms with van der Waals surface area (Å²) in [4.78, 5) is 9.27. The summed E-state index contributed by atoms with van der Waals surface area (Å²) in [6, 6.07) is -0.301. The topological polar surface area (TPSA) is 41.1 Å². The Balaban J connectivity index is 3.12. The molecule has 1 N–H and O–H groups in total. The molecule has 0 bridgehead atoms. The van der Waals surface area contributed by atoms with Crippen LogP contribution in [0.15, 0.2) is 6.33 Å². The number of nitrogens with one attached hydrogen (secondary N) is 1. The molecule has 0 fully saturated rings. The van der Waals surface area contributed by atoms with Crippen molar-refractivity contribution in [2.75, 3.05) is 23.3 Å². The van der Waals surface area contributed by atoms with Gasteiger partial charge in [0.1, 0.15) is 24.5 Å². The number of aromatic nitrogens is 2. The first-order chi connectivity index (χ1) is 8.76. The zero-order valence-electron chi connectivity index (χ0n) is 11.5. The van der Waals surface area contributed by atoms with E-state index < -0.39 is 12.7 Å². The third kappa shape index (κ3) is 4.25. The Morgan fingerprint density at radius 2 is 1.95 bits per heavy atom. The minimum atomic E-state index is -4.26. The van der Waals surface area contributed by atoms with Gasteiger partial charge in [-0.05, 0) is 27.7 Å². The van der Waals surface area contributed by atoms with Gasteiger partial charge in [-0.25, -0.2) is 9.97 Å². The minimum Gasteiger partial charge on any atom is -0.370 e. The van der Waals surface area contributed by atoms with Gasteiger partial charge in [0.05, 0.1) is 0 Å². The SMILES string of the molecule is CCNc1ncnc(N(CC(F)(F)F)C(C)C)c1C. The predicted octanol–water partition coefficient (Wildman–Crippen LogP) is 2.99. The van der Waals surface area contributed by atoms with Crippen molar-refractivity contribution in [3.05, 3.63) is 11.9 Å². The maximum Gasteiger partial charge on any atom is 0.405 e. The van der Waals surface area contributed by atoms with Crippen LogP contribution in [0.2, 0.25) is 0 Å². The normalized spacial score (nSPS) is 11.8. The molecule has 1 heterocycles. The Kier molecular flexibility index (Phi) is 4.97. The molecule has 7 heteroatoms. The van der Waals surface area contributed by atoms with Gasteiger partial charge in [0.15, 0.2) is 0 Å². The number of anilines is 2. The van der Waals surface area contributed by atoms with Crippen LogP contribution < -0.4 is 10.2 Å². The molecule has 0 aliphatic rings. The number of rotatable bonds is 5. The number of hydrogen-bond donors (Lipinski definition) is 1. The second kappa shape index (κ2) is 6.08. The van der Waals surface area contributed by atoms with Gasteiger partial charge in [0.2, 0.25) is 0 Å². The lowest BCUT2D eigenvalue weighted by Crippen LogP contribution is -2.40. The number of alkyl halides is 3. The van der Waals surface area contributed by atoms with Crippen molar-refractivity contribution < 1.29 is 13.2 Å². The highest BCUT2D eigenvalue weighted by molar-refractivity contribution is 5.58. The van der Waals surface area contributed by atoms with E-state index in [-0.39, 0.29) is 6.04 Å². The van der Waals surface area contributed by atoms with Crippen molar-refractivity contribution in [3.63, 3.8) is 0 Å². The fourth-order valence-electron chi connectivity index (χ4n) is 1.77. The number of nitrogens with zero attached hydrogens (tertiary/aromatic N) is 3. The van der Waals surface area contributed by atoms with Crippen LogP contribution in [0, 0.1) is 6.92 Å². The van der Waals surface area contributed by atoms with Gasteiger partial charge in [-0.2, -0.15) is 13.2 Å². The fraction of sp³-hybridized carbons (Fsp3) is 0.667. The summed E-state index contributed by atoms with van der Waals surface area (Å²) in [5, 5.41) is 3.01. The zero-order chi connectivity index (χ0) is 14.6. The summed E-state index contributed by atoms with van der Waals surface area (Å²) >= 11 is 0. The molecule has 0 atom stereocenters. The van der Waals surface area contributed by atoms with Gasteiger partial charge in [-0.1, -0.05) is 0 Å². The van der Waals surface area contributed by atoms with Gasteiger partial charge < -0.3 is 10.2 Å². The maximum atomic E-state index is 12.6. The van der Waals surface area contributed by atoms with E-state index in [1.807, 2.05) is 6.92 Å². The molecule has 0 unspecified atom stereocenters. The number of halogens is 3. The quantitative estimate of drug-likeness (QED) is 0.897. The Morgan fingerprint density at radius 3 is 2.42 bits per heavy atom. The first kappa shape index (κ1) is 15.5. The van der Waals surface area contributed by atoms with Crippen LogP contribution in [-0.2, 0) is 0 Å². The molecule has 0 spiro atoms. The summed E-state index contributed by atoms with van der Waals surface area (Å²) in [7, 11) is 0. The fourth-order valence-corrected chi connectivity index (χ4v) is 1.77. The largest absolute Gasteiger partial charge is 0.405 e. The molecular weight excluding hydrogens is 257 g/mol. The van der Waals surface area contributed by atoms with Gasteiger partial charge in [-0.3, -0.25) is 0 Å². The smallest absolute Gasteiger partial charge is 0.370 e. The minimum absolute atomic E-state index is 0.301. The first-order valence-corrected chi connectivity index (χ1v) is 6.15. The van der Waals surface area contributed by atoms with E-state index >= 15 is 0 Å². The average Bonchev–Trinajstić information content (AvgIpc) is 2.28. The van der Waals surface area contributed by atoms with Crippen molar-refractivity contribution in [3.8, 4) is 0 Å². The standard InChI is InChI=1S/C12H19F3N4/c1-5-16-10-9(4)11(18-7-17-10)19(8(2)3)6-12(13,14)15/h7-8H,5-6H2,1-4H3,(H,16,17,18). The summed E-state index contributed by atoms with van der Waals surface area (Å²) in [5.41, 5.74) is 0.627. The summed E-state index contributed by atoms with van der Waals surface area (Å²) < 4.78 is 37.9.